The molecule has 25 heavy (non-hydrogen) atoms. The molecule has 1 fully saturated rings. The molecule has 0 aliphatic carbocycles. The second-order valence-corrected chi connectivity index (χ2v) is 6.12. The van der Waals surface area contributed by atoms with Gasteiger partial charge in [-0.15, -0.1) is 0 Å². The van der Waals surface area contributed by atoms with E-state index in [4.69, 9.17) is 13.8 Å². The number of hydrogen-bond acceptors (Lipinski definition) is 8. The van der Waals surface area contributed by atoms with Crippen molar-refractivity contribution in [2.24, 2.45) is 0 Å². The predicted octanol–water partition coefficient (Wildman–Crippen LogP) is 2.60. The van der Waals surface area contributed by atoms with Gasteiger partial charge in [-0.3, -0.25) is 9.88 Å². The van der Waals surface area contributed by atoms with Gasteiger partial charge in [-0.2, -0.15) is 4.98 Å². The summed E-state index contributed by atoms with van der Waals surface area (Å²) in [5.41, 5.74) is 1.52. The Morgan fingerprint density at radius 2 is 2.12 bits per heavy atom. The Morgan fingerprint density at radius 3 is 2.92 bits per heavy atom. The number of ether oxygens (including phenoxy) is 1. The van der Waals surface area contributed by atoms with Gasteiger partial charge in [0.05, 0.1) is 18.8 Å². The molecule has 0 N–H and O–H groups in total. The average molecular weight is 341 g/mol. The summed E-state index contributed by atoms with van der Waals surface area (Å²) in [6.45, 7) is 1.89. The van der Waals surface area contributed by atoms with Crippen LogP contribution in [-0.4, -0.2) is 38.8 Å². The molecule has 8 heteroatoms. The second-order valence-electron chi connectivity index (χ2n) is 6.12. The van der Waals surface area contributed by atoms with Gasteiger partial charge in [0.1, 0.15) is 11.8 Å². The van der Waals surface area contributed by atoms with Gasteiger partial charge in [-0.25, -0.2) is 0 Å². The number of nitrogens with zero attached hydrogens (tertiary/aromatic N) is 5. The number of pyridine rings is 1. The van der Waals surface area contributed by atoms with Crippen LogP contribution in [0.5, 0.6) is 0 Å². The topological polar surface area (TPSA) is 90.3 Å². The molecule has 1 aliphatic heterocycles. The molecule has 0 spiro atoms. The predicted molar refractivity (Wildman–Crippen MR) is 87.1 cm³/mol. The molecule has 0 aromatic carbocycles. The molecular weight excluding hydrogens is 322 g/mol. The number of hydrogen-bond donors (Lipinski definition) is 0. The molecule has 3 aromatic rings. The first-order valence-electron chi connectivity index (χ1n) is 8.27. The van der Waals surface area contributed by atoms with Crippen LogP contribution in [0.25, 0.3) is 11.4 Å². The van der Waals surface area contributed by atoms with Crippen LogP contribution in [0.15, 0.2) is 39.5 Å². The van der Waals surface area contributed by atoms with Crippen LogP contribution < -0.4 is 0 Å². The maximum atomic E-state index is 5.56. The van der Waals surface area contributed by atoms with Gasteiger partial charge >= 0.3 is 0 Å². The zero-order valence-corrected chi connectivity index (χ0v) is 14.0. The molecule has 130 valence electrons. The maximum Gasteiger partial charge on any atom is 0.255 e. The van der Waals surface area contributed by atoms with Gasteiger partial charge in [0.25, 0.3) is 5.89 Å². The lowest BCUT2D eigenvalue weighted by atomic mass is 10.2. The van der Waals surface area contributed by atoms with Crippen LogP contribution >= 0.6 is 0 Å². The molecule has 1 atom stereocenters. The van der Waals surface area contributed by atoms with Crippen LogP contribution in [0.2, 0.25) is 0 Å². The first-order valence-corrected chi connectivity index (χ1v) is 8.27. The lowest BCUT2D eigenvalue weighted by molar-refractivity contribution is 0.0835. The smallest absolute Gasteiger partial charge is 0.255 e. The van der Waals surface area contributed by atoms with Crippen molar-refractivity contribution in [1.82, 2.24) is 25.2 Å². The molecule has 0 bridgehead atoms. The monoisotopic (exact) mass is 341 g/mol. The minimum atomic E-state index is -0.0539. The molecule has 4 rings (SSSR count). The third-order valence-electron chi connectivity index (χ3n) is 4.01. The summed E-state index contributed by atoms with van der Waals surface area (Å²) in [5.74, 6) is 1.96. The average Bonchev–Trinajstić information content (AvgIpc) is 3.37. The molecule has 4 heterocycles. The van der Waals surface area contributed by atoms with E-state index in [0.717, 1.165) is 36.6 Å². The van der Waals surface area contributed by atoms with E-state index < -0.39 is 0 Å². The van der Waals surface area contributed by atoms with E-state index in [-0.39, 0.29) is 6.10 Å². The third kappa shape index (κ3) is 3.75. The Morgan fingerprint density at radius 1 is 1.16 bits per heavy atom. The summed E-state index contributed by atoms with van der Waals surface area (Å²) < 4.78 is 16.3. The quantitative estimate of drug-likeness (QED) is 0.676. The fourth-order valence-electron chi connectivity index (χ4n) is 2.82. The number of aromatic nitrogens is 4. The largest absolute Gasteiger partial charge is 0.368 e. The first-order chi connectivity index (χ1) is 12.3. The summed E-state index contributed by atoms with van der Waals surface area (Å²) in [6.07, 6.45) is 3.65. The molecule has 8 nitrogen and oxygen atoms in total. The van der Waals surface area contributed by atoms with Crippen LogP contribution in [0.3, 0.4) is 0 Å². The van der Waals surface area contributed by atoms with Gasteiger partial charge in [0, 0.05) is 18.9 Å². The summed E-state index contributed by atoms with van der Waals surface area (Å²) in [5, 5.41) is 8.10. The lowest BCUT2D eigenvalue weighted by Crippen LogP contribution is -2.17. The van der Waals surface area contributed by atoms with E-state index in [0.29, 0.717) is 24.8 Å². The Kier molecular flexibility index (Phi) is 4.53. The maximum absolute atomic E-state index is 5.56. The van der Waals surface area contributed by atoms with E-state index in [2.05, 4.69) is 20.3 Å². The first kappa shape index (κ1) is 15.9. The zero-order chi connectivity index (χ0) is 17.1. The fourth-order valence-corrected chi connectivity index (χ4v) is 2.82. The van der Waals surface area contributed by atoms with E-state index in [1.807, 2.05) is 36.2 Å². The molecular formula is C17H19N5O3. The van der Waals surface area contributed by atoms with E-state index in [1.165, 1.54) is 0 Å². The van der Waals surface area contributed by atoms with Gasteiger partial charge in [-0.05, 0) is 32.0 Å². The van der Waals surface area contributed by atoms with Crippen LogP contribution in [0.1, 0.15) is 36.4 Å². The summed E-state index contributed by atoms with van der Waals surface area (Å²) in [7, 11) is 1.96. The van der Waals surface area contributed by atoms with Crippen molar-refractivity contribution in [2.75, 3.05) is 13.7 Å². The molecule has 3 aromatic heterocycles. The van der Waals surface area contributed by atoms with Crippen molar-refractivity contribution in [1.29, 1.82) is 0 Å². The van der Waals surface area contributed by atoms with Crippen molar-refractivity contribution in [3.05, 3.63) is 47.9 Å². The fraction of sp³-hybridized carbons (Fsp3) is 0.412. The Hall–Kier alpha value is -2.58. The van der Waals surface area contributed by atoms with Crippen LogP contribution in [0, 0.1) is 0 Å². The standard InChI is InChI=1S/C17H19N5O3/c1-22(11-16-19-17(25-21-16)15-6-4-8-23-15)10-12-9-14(20-24-12)13-5-2-3-7-18-13/h2-3,5,7,9,15H,4,6,8,10-11H2,1H3/t15-/m1/s1. The van der Waals surface area contributed by atoms with Gasteiger partial charge < -0.3 is 13.8 Å². The molecule has 1 aliphatic rings. The van der Waals surface area contributed by atoms with Gasteiger partial charge in [0.15, 0.2) is 11.6 Å². The highest BCUT2D eigenvalue weighted by molar-refractivity contribution is 5.52. The van der Waals surface area contributed by atoms with Gasteiger partial charge in [-0.1, -0.05) is 16.4 Å². The second kappa shape index (κ2) is 7.12. The summed E-state index contributed by atoms with van der Waals surface area (Å²) in [6, 6.07) is 7.59. The van der Waals surface area contributed by atoms with E-state index >= 15 is 0 Å². The van der Waals surface area contributed by atoms with Gasteiger partial charge in [0.2, 0.25) is 0 Å². The normalized spacial score (nSPS) is 17.4. The van der Waals surface area contributed by atoms with Crippen molar-refractivity contribution < 1.29 is 13.8 Å². The van der Waals surface area contributed by atoms with Crippen molar-refractivity contribution in [3.63, 3.8) is 0 Å². The SMILES string of the molecule is CN(Cc1noc([C@H]2CCCO2)n1)Cc1cc(-c2ccccn2)no1. The Labute approximate surface area is 144 Å². The van der Waals surface area contributed by atoms with E-state index in [9.17, 15) is 0 Å². The Bertz CT molecular complexity index is 811. The summed E-state index contributed by atoms with van der Waals surface area (Å²) in [4.78, 5) is 10.7. The van der Waals surface area contributed by atoms with Crippen LogP contribution in [-0.2, 0) is 17.8 Å². The highest BCUT2D eigenvalue weighted by atomic mass is 16.5. The number of rotatable bonds is 6. The molecule has 0 unspecified atom stereocenters. The molecule has 0 radical (unpaired) electrons. The summed E-state index contributed by atoms with van der Waals surface area (Å²) >= 11 is 0. The molecule has 0 saturated carbocycles. The van der Waals surface area contributed by atoms with Crippen molar-refractivity contribution in [3.8, 4) is 11.4 Å². The zero-order valence-electron chi connectivity index (χ0n) is 14.0. The minimum absolute atomic E-state index is 0.0539. The molecule has 0 amide bonds. The highest BCUT2D eigenvalue weighted by Crippen LogP contribution is 2.27. The van der Waals surface area contributed by atoms with E-state index in [1.54, 1.807) is 6.20 Å². The molecule has 1 saturated heterocycles. The highest BCUT2D eigenvalue weighted by Gasteiger charge is 2.24. The Balaban J connectivity index is 1.36. The van der Waals surface area contributed by atoms with Crippen molar-refractivity contribution in [2.45, 2.75) is 32.0 Å². The third-order valence-corrected chi connectivity index (χ3v) is 4.01. The minimum Gasteiger partial charge on any atom is -0.368 e. The lowest BCUT2D eigenvalue weighted by Gasteiger charge is -2.11. The van der Waals surface area contributed by atoms with Crippen LogP contribution in [0.4, 0.5) is 0 Å². The van der Waals surface area contributed by atoms with Crippen molar-refractivity contribution >= 4 is 0 Å².